The van der Waals surface area contributed by atoms with Gasteiger partial charge in [0.15, 0.2) is 0 Å². The minimum absolute atomic E-state index is 0.00486. The van der Waals surface area contributed by atoms with Crippen LogP contribution in [-0.2, 0) is 4.79 Å². The Kier molecular flexibility index (Phi) is 2.29. The lowest BCUT2D eigenvalue weighted by atomic mass is 10.1. The minimum atomic E-state index is 0.00486. The number of hydrogen-bond donors (Lipinski definition) is 2. The Morgan fingerprint density at radius 2 is 2.41 bits per heavy atom. The normalized spacial score (nSPS) is 20.4. The lowest BCUT2D eigenvalue weighted by molar-refractivity contribution is -0.117. The molecule has 88 valence electrons. The van der Waals surface area contributed by atoms with Crippen LogP contribution in [0.15, 0.2) is 18.6 Å². The second-order valence-electron chi connectivity index (χ2n) is 4.19. The van der Waals surface area contributed by atoms with E-state index in [9.17, 15) is 4.79 Å². The van der Waals surface area contributed by atoms with Gasteiger partial charge >= 0.3 is 0 Å². The molecule has 0 saturated carbocycles. The highest BCUT2D eigenvalue weighted by atomic mass is 16.3. The number of anilines is 1. The number of fused-ring (bicyclic) bond motifs is 1. The van der Waals surface area contributed by atoms with E-state index in [-0.39, 0.29) is 18.4 Å². The third kappa shape index (κ3) is 1.57. The van der Waals surface area contributed by atoms with Gasteiger partial charge in [-0.05, 0) is 6.07 Å². The Morgan fingerprint density at radius 3 is 3.18 bits per heavy atom. The molecule has 1 saturated heterocycles. The molecule has 1 fully saturated rings. The van der Waals surface area contributed by atoms with Gasteiger partial charge in [0.1, 0.15) is 17.8 Å². The molecule has 2 aromatic rings. The molecule has 1 aliphatic rings. The smallest absolute Gasteiger partial charge is 0.228 e. The van der Waals surface area contributed by atoms with Crippen molar-refractivity contribution in [3.05, 3.63) is 18.6 Å². The summed E-state index contributed by atoms with van der Waals surface area (Å²) in [6, 6.07) is 1.85. The van der Waals surface area contributed by atoms with Crippen molar-refractivity contribution in [3.8, 4) is 0 Å². The van der Waals surface area contributed by atoms with E-state index in [0.29, 0.717) is 18.8 Å². The summed E-state index contributed by atoms with van der Waals surface area (Å²) in [7, 11) is 0. The van der Waals surface area contributed by atoms with Gasteiger partial charge in [0.25, 0.3) is 0 Å². The predicted octanol–water partition coefficient (Wildman–Crippen LogP) is 0.303. The molecule has 3 rings (SSSR count). The highest BCUT2D eigenvalue weighted by Crippen LogP contribution is 2.28. The van der Waals surface area contributed by atoms with E-state index >= 15 is 0 Å². The van der Waals surface area contributed by atoms with Gasteiger partial charge in [-0.2, -0.15) is 0 Å². The molecule has 0 aromatic carbocycles. The van der Waals surface area contributed by atoms with Gasteiger partial charge in [0.2, 0.25) is 5.91 Å². The molecular weight excluding hydrogens is 220 g/mol. The standard InChI is InChI=1S/C11H12N4O2/c16-5-7-3-9(17)15(4-7)11-8-1-2-12-10(8)13-6-14-11/h1-2,6-7,16H,3-5H2,(H,12,13,14). The third-order valence-corrected chi connectivity index (χ3v) is 3.05. The monoisotopic (exact) mass is 232 g/mol. The molecule has 1 aliphatic heterocycles. The first-order valence-electron chi connectivity index (χ1n) is 5.49. The van der Waals surface area contributed by atoms with Crippen LogP contribution in [0.1, 0.15) is 6.42 Å². The fourth-order valence-corrected chi connectivity index (χ4v) is 2.18. The van der Waals surface area contributed by atoms with Gasteiger partial charge in [0.05, 0.1) is 5.39 Å². The summed E-state index contributed by atoms with van der Waals surface area (Å²) in [6.45, 7) is 0.552. The van der Waals surface area contributed by atoms with Crippen molar-refractivity contribution >= 4 is 22.8 Å². The fourth-order valence-electron chi connectivity index (χ4n) is 2.18. The topological polar surface area (TPSA) is 82.1 Å². The average Bonchev–Trinajstić information content (AvgIpc) is 2.94. The molecule has 1 amide bonds. The quantitative estimate of drug-likeness (QED) is 0.780. The van der Waals surface area contributed by atoms with Gasteiger partial charge in [-0.25, -0.2) is 9.97 Å². The first-order valence-corrected chi connectivity index (χ1v) is 5.49. The Morgan fingerprint density at radius 1 is 1.53 bits per heavy atom. The average molecular weight is 232 g/mol. The van der Waals surface area contributed by atoms with Crippen molar-refractivity contribution in [3.63, 3.8) is 0 Å². The van der Waals surface area contributed by atoms with E-state index in [2.05, 4.69) is 15.0 Å². The summed E-state index contributed by atoms with van der Waals surface area (Å²) in [4.78, 5) is 24.7. The maximum absolute atomic E-state index is 11.9. The van der Waals surface area contributed by atoms with Gasteiger partial charge < -0.3 is 10.1 Å². The zero-order valence-corrected chi connectivity index (χ0v) is 9.13. The summed E-state index contributed by atoms with van der Waals surface area (Å²) in [5, 5.41) is 9.94. The number of hydrogen-bond acceptors (Lipinski definition) is 4. The van der Waals surface area contributed by atoms with Crippen LogP contribution in [-0.4, -0.2) is 39.1 Å². The van der Waals surface area contributed by atoms with Crippen LogP contribution in [0.25, 0.3) is 11.0 Å². The van der Waals surface area contributed by atoms with E-state index in [1.165, 1.54) is 6.33 Å². The van der Waals surface area contributed by atoms with Gasteiger partial charge in [-0.3, -0.25) is 9.69 Å². The molecule has 0 spiro atoms. The van der Waals surface area contributed by atoms with Gasteiger partial charge in [-0.1, -0.05) is 0 Å². The van der Waals surface area contributed by atoms with Crippen molar-refractivity contribution in [1.82, 2.24) is 15.0 Å². The molecule has 1 unspecified atom stereocenters. The van der Waals surface area contributed by atoms with E-state index in [1.807, 2.05) is 6.07 Å². The molecule has 2 N–H and O–H groups in total. The number of nitrogens with zero attached hydrogens (tertiary/aromatic N) is 3. The number of amides is 1. The van der Waals surface area contributed by atoms with Crippen molar-refractivity contribution in [2.45, 2.75) is 6.42 Å². The van der Waals surface area contributed by atoms with E-state index in [0.717, 1.165) is 11.0 Å². The van der Waals surface area contributed by atoms with Crippen LogP contribution < -0.4 is 4.90 Å². The van der Waals surface area contributed by atoms with E-state index < -0.39 is 0 Å². The second-order valence-corrected chi connectivity index (χ2v) is 4.19. The Bertz CT molecular complexity index is 565. The predicted molar refractivity (Wildman–Crippen MR) is 61.4 cm³/mol. The summed E-state index contributed by atoms with van der Waals surface area (Å²) >= 11 is 0. The van der Waals surface area contributed by atoms with Crippen LogP contribution in [0.4, 0.5) is 5.82 Å². The highest BCUT2D eigenvalue weighted by Gasteiger charge is 2.31. The highest BCUT2D eigenvalue weighted by molar-refractivity contribution is 6.01. The lowest BCUT2D eigenvalue weighted by Gasteiger charge is -2.15. The molecule has 6 nitrogen and oxygen atoms in total. The van der Waals surface area contributed by atoms with Crippen molar-refractivity contribution in [2.75, 3.05) is 18.1 Å². The molecule has 17 heavy (non-hydrogen) atoms. The number of aromatic nitrogens is 3. The zero-order valence-electron chi connectivity index (χ0n) is 9.13. The Labute approximate surface area is 97.3 Å². The molecular formula is C11H12N4O2. The van der Waals surface area contributed by atoms with Crippen molar-refractivity contribution in [2.24, 2.45) is 5.92 Å². The summed E-state index contributed by atoms with van der Waals surface area (Å²) < 4.78 is 0. The van der Waals surface area contributed by atoms with Crippen molar-refractivity contribution < 1.29 is 9.90 Å². The molecule has 0 aliphatic carbocycles. The first kappa shape index (κ1) is 10.2. The molecule has 1 atom stereocenters. The number of aromatic amines is 1. The lowest BCUT2D eigenvalue weighted by Crippen LogP contribution is -2.26. The summed E-state index contributed by atoms with van der Waals surface area (Å²) in [5.74, 6) is 0.633. The maximum atomic E-state index is 11.9. The van der Waals surface area contributed by atoms with E-state index in [4.69, 9.17) is 5.11 Å². The van der Waals surface area contributed by atoms with Gasteiger partial charge in [-0.15, -0.1) is 0 Å². The number of nitrogens with one attached hydrogen (secondary N) is 1. The van der Waals surface area contributed by atoms with Crippen LogP contribution in [0.5, 0.6) is 0 Å². The number of carbonyl (C=O) groups excluding carboxylic acids is 1. The number of aliphatic hydroxyl groups excluding tert-OH is 1. The van der Waals surface area contributed by atoms with Gasteiger partial charge in [0, 0.05) is 31.7 Å². The molecule has 3 heterocycles. The molecule has 6 heteroatoms. The number of aliphatic hydroxyl groups is 1. The van der Waals surface area contributed by atoms with Crippen LogP contribution in [0.3, 0.4) is 0 Å². The third-order valence-electron chi connectivity index (χ3n) is 3.05. The molecule has 0 radical (unpaired) electrons. The number of H-pyrrole nitrogens is 1. The number of rotatable bonds is 2. The SMILES string of the molecule is O=C1CC(CO)CN1c1ncnc2[nH]ccc12. The number of carbonyl (C=O) groups is 1. The van der Waals surface area contributed by atoms with Crippen LogP contribution >= 0.6 is 0 Å². The molecule has 2 aromatic heterocycles. The summed E-state index contributed by atoms with van der Waals surface area (Å²) in [5.41, 5.74) is 0.718. The van der Waals surface area contributed by atoms with Crippen LogP contribution in [0.2, 0.25) is 0 Å². The van der Waals surface area contributed by atoms with Crippen molar-refractivity contribution in [1.29, 1.82) is 0 Å². The van der Waals surface area contributed by atoms with E-state index in [1.54, 1.807) is 11.1 Å². The zero-order chi connectivity index (χ0) is 11.8. The Hall–Kier alpha value is -1.95. The first-order chi connectivity index (χ1) is 8.29. The largest absolute Gasteiger partial charge is 0.396 e. The minimum Gasteiger partial charge on any atom is -0.396 e. The summed E-state index contributed by atoms with van der Waals surface area (Å²) in [6.07, 6.45) is 3.59. The van der Waals surface area contributed by atoms with Crippen LogP contribution in [0, 0.1) is 5.92 Å². The second kappa shape index (κ2) is 3.81. The molecule has 0 bridgehead atoms. The maximum Gasteiger partial charge on any atom is 0.228 e. The fraction of sp³-hybridized carbons (Fsp3) is 0.364. The Balaban J connectivity index is 2.04.